The lowest BCUT2D eigenvalue weighted by atomic mass is 10.2. The van der Waals surface area contributed by atoms with Crippen molar-refractivity contribution in [2.24, 2.45) is 0 Å². The van der Waals surface area contributed by atoms with Crippen LogP contribution in [0.3, 0.4) is 0 Å². The summed E-state index contributed by atoms with van der Waals surface area (Å²) in [5.74, 6) is -0.415. The third-order valence-electron chi connectivity index (χ3n) is 2.99. The van der Waals surface area contributed by atoms with E-state index in [1.54, 1.807) is 0 Å². The second-order valence-electron chi connectivity index (χ2n) is 4.91. The zero-order chi connectivity index (χ0) is 15.6. The number of carbonyl (C=O) groups is 1. The van der Waals surface area contributed by atoms with Crippen molar-refractivity contribution in [1.82, 2.24) is 10.0 Å². The molecule has 0 aliphatic heterocycles. The predicted molar refractivity (Wildman–Crippen MR) is 82.4 cm³/mol. The fourth-order valence-corrected chi connectivity index (χ4v) is 3.89. The van der Waals surface area contributed by atoms with Crippen LogP contribution in [0, 0.1) is 0 Å². The largest absolute Gasteiger partial charge is 0.352 e. The average Bonchev–Trinajstić information content (AvgIpc) is 3.18. The molecule has 0 radical (unpaired) electrons. The average molecular weight is 351 g/mol. The van der Waals surface area contributed by atoms with Gasteiger partial charge in [-0.15, -0.1) is 0 Å². The number of amides is 1. The summed E-state index contributed by atoms with van der Waals surface area (Å²) in [5, 5.41) is 2.78. The Hall–Kier alpha value is -0.820. The molecule has 0 unspecified atom stereocenters. The number of hydrogen-bond acceptors (Lipinski definition) is 3. The Morgan fingerprint density at radius 1 is 1.29 bits per heavy atom. The van der Waals surface area contributed by atoms with E-state index in [9.17, 15) is 13.2 Å². The van der Waals surface area contributed by atoms with Crippen molar-refractivity contribution in [2.75, 3.05) is 6.54 Å². The van der Waals surface area contributed by atoms with Crippen LogP contribution in [0.15, 0.2) is 17.0 Å². The van der Waals surface area contributed by atoms with Gasteiger partial charge in [0.15, 0.2) is 0 Å². The quantitative estimate of drug-likeness (QED) is 0.827. The van der Waals surface area contributed by atoms with E-state index >= 15 is 0 Å². The van der Waals surface area contributed by atoms with Gasteiger partial charge in [0, 0.05) is 12.6 Å². The number of benzene rings is 1. The molecule has 8 heteroatoms. The number of halogens is 2. The van der Waals surface area contributed by atoms with Crippen LogP contribution in [-0.2, 0) is 10.0 Å². The van der Waals surface area contributed by atoms with Crippen molar-refractivity contribution in [3.8, 4) is 0 Å². The van der Waals surface area contributed by atoms with Crippen molar-refractivity contribution in [1.29, 1.82) is 0 Å². The maximum absolute atomic E-state index is 12.2. The van der Waals surface area contributed by atoms with Gasteiger partial charge >= 0.3 is 0 Å². The van der Waals surface area contributed by atoms with Gasteiger partial charge in [0.1, 0.15) is 4.90 Å². The number of carbonyl (C=O) groups excluding carboxylic acids is 1. The highest BCUT2D eigenvalue weighted by Crippen LogP contribution is 2.30. The molecular weight excluding hydrogens is 335 g/mol. The van der Waals surface area contributed by atoms with Gasteiger partial charge in [-0.2, -0.15) is 0 Å². The summed E-state index contributed by atoms with van der Waals surface area (Å²) in [4.78, 5) is 11.9. The molecule has 1 aromatic rings. The van der Waals surface area contributed by atoms with Crippen LogP contribution in [-0.4, -0.2) is 26.9 Å². The van der Waals surface area contributed by atoms with E-state index in [4.69, 9.17) is 23.2 Å². The summed E-state index contributed by atoms with van der Waals surface area (Å²) in [6, 6.07) is 2.46. The minimum Gasteiger partial charge on any atom is -0.352 e. The minimum absolute atomic E-state index is 0.000177. The molecule has 116 valence electrons. The minimum atomic E-state index is -3.74. The van der Waals surface area contributed by atoms with Crippen molar-refractivity contribution in [2.45, 2.75) is 37.1 Å². The maximum Gasteiger partial charge on any atom is 0.252 e. The van der Waals surface area contributed by atoms with Gasteiger partial charge in [-0.25, -0.2) is 13.1 Å². The van der Waals surface area contributed by atoms with Crippen LogP contribution in [0.1, 0.15) is 36.5 Å². The van der Waals surface area contributed by atoms with E-state index in [2.05, 4.69) is 10.0 Å². The van der Waals surface area contributed by atoms with E-state index in [-0.39, 0.29) is 26.5 Å². The van der Waals surface area contributed by atoms with Gasteiger partial charge in [-0.1, -0.05) is 30.1 Å². The van der Waals surface area contributed by atoms with Crippen molar-refractivity contribution >= 4 is 39.1 Å². The molecule has 0 spiro atoms. The number of hydrogen-bond donors (Lipinski definition) is 2. The molecule has 0 atom stereocenters. The summed E-state index contributed by atoms with van der Waals surface area (Å²) in [6.07, 6.45) is 2.40. The van der Waals surface area contributed by atoms with Gasteiger partial charge in [0.05, 0.1) is 15.6 Å². The molecule has 2 N–H and O–H groups in total. The smallest absolute Gasteiger partial charge is 0.252 e. The summed E-state index contributed by atoms with van der Waals surface area (Å²) < 4.78 is 27.0. The second-order valence-corrected chi connectivity index (χ2v) is 7.41. The van der Waals surface area contributed by atoms with Crippen molar-refractivity contribution < 1.29 is 13.2 Å². The number of sulfonamides is 1. The van der Waals surface area contributed by atoms with E-state index < -0.39 is 15.9 Å². The molecule has 21 heavy (non-hydrogen) atoms. The molecule has 1 fully saturated rings. The Morgan fingerprint density at radius 2 is 1.95 bits per heavy atom. The Labute approximate surface area is 134 Å². The summed E-state index contributed by atoms with van der Waals surface area (Å²) in [5.41, 5.74) is 0.102. The lowest BCUT2D eigenvalue weighted by Gasteiger charge is -2.11. The van der Waals surface area contributed by atoms with E-state index in [1.807, 2.05) is 6.92 Å². The van der Waals surface area contributed by atoms with Crippen LogP contribution in [0.4, 0.5) is 0 Å². The predicted octanol–water partition coefficient (Wildman–Crippen LogP) is 2.57. The lowest BCUT2D eigenvalue weighted by molar-refractivity contribution is 0.0953. The summed E-state index contributed by atoms with van der Waals surface area (Å²) in [6.45, 7) is 2.40. The fourth-order valence-electron chi connectivity index (χ4n) is 1.73. The highest BCUT2D eigenvalue weighted by atomic mass is 35.5. The summed E-state index contributed by atoms with van der Waals surface area (Å²) >= 11 is 11.9. The van der Waals surface area contributed by atoms with Crippen LogP contribution in [0.25, 0.3) is 0 Å². The molecule has 0 bridgehead atoms. The maximum atomic E-state index is 12.2. The first kappa shape index (κ1) is 16.5. The topological polar surface area (TPSA) is 75.3 Å². The molecule has 2 rings (SSSR count). The zero-order valence-electron chi connectivity index (χ0n) is 11.4. The Bertz CT molecular complexity index is 658. The highest BCUT2D eigenvalue weighted by molar-refractivity contribution is 7.89. The normalized spacial score (nSPS) is 15.0. The van der Waals surface area contributed by atoms with Crippen molar-refractivity contribution in [3.63, 3.8) is 0 Å². The molecule has 0 heterocycles. The SMILES string of the molecule is CCCNC(=O)c1cc(S(=O)(=O)NC2CC2)c(Cl)cc1Cl. The summed E-state index contributed by atoms with van der Waals surface area (Å²) in [7, 11) is -3.74. The first-order valence-electron chi connectivity index (χ1n) is 6.64. The Kier molecular flexibility index (Phi) is 5.14. The van der Waals surface area contributed by atoms with E-state index in [0.29, 0.717) is 6.54 Å². The molecule has 5 nitrogen and oxygen atoms in total. The van der Waals surface area contributed by atoms with Crippen molar-refractivity contribution in [3.05, 3.63) is 27.7 Å². The first-order valence-corrected chi connectivity index (χ1v) is 8.88. The van der Waals surface area contributed by atoms with Crippen LogP contribution < -0.4 is 10.0 Å². The highest BCUT2D eigenvalue weighted by Gasteiger charge is 2.30. The third-order valence-corrected chi connectivity index (χ3v) is 5.29. The number of nitrogens with one attached hydrogen (secondary N) is 2. The van der Waals surface area contributed by atoms with Crippen LogP contribution in [0.5, 0.6) is 0 Å². The molecule has 0 aromatic heterocycles. The van der Waals surface area contributed by atoms with E-state index in [0.717, 1.165) is 19.3 Å². The Balaban J connectivity index is 2.35. The van der Waals surface area contributed by atoms with Crippen LogP contribution >= 0.6 is 23.2 Å². The Morgan fingerprint density at radius 3 is 2.52 bits per heavy atom. The molecule has 1 saturated carbocycles. The van der Waals surface area contributed by atoms with Crippen LogP contribution in [0.2, 0.25) is 10.0 Å². The first-order chi connectivity index (χ1) is 9.85. The van der Waals surface area contributed by atoms with Gasteiger partial charge in [0.2, 0.25) is 10.0 Å². The zero-order valence-corrected chi connectivity index (χ0v) is 13.8. The molecule has 0 saturated heterocycles. The van der Waals surface area contributed by atoms with Gasteiger partial charge in [-0.05, 0) is 31.4 Å². The molecular formula is C13H16Cl2N2O3S. The fraction of sp³-hybridized carbons (Fsp3) is 0.462. The molecule has 1 aromatic carbocycles. The van der Waals surface area contributed by atoms with Gasteiger partial charge in [-0.3, -0.25) is 4.79 Å². The van der Waals surface area contributed by atoms with Gasteiger partial charge in [0.25, 0.3) is 5.91 Å². The third kappa shape index (κ3) is 4.10. The number of rotatable bonds is 6. The van der Waals surface area contributed by atoms with Gasteiger partial charge < -0.3 is 5.32 Å². The molecule has 1 aliphatic carbocycles. The van der Waals surface area contributed by atoms with E-state index in [1.165, 1.54) is 12.1 Å². The molecule has 1 amide bonds. The lowest BCUT2D eigenvalue weighted by Crippen LogP contribution is -2.28. The monoisotopic (exact) mass is 350 g/mol. The standard InChI is InChI=1S/C13H16Cl2N2O3S/c1-2-5-16-13(18)9-6-12(11(15)7-10(9)14)21(19,20)17-8-3-4-8/h6-8,17H,2-5H2,1H3,(H,16,18). The second kappa shape index (κ2) is 6.52. The molecule has 1 aliphatic rings.